The van der Waals surface area contributed by atoms with Crippen LogP contribution in [0.1, 0.15) is 34.1 Å². The molecule has 2 aromatic carbocycles. The van der Waals surface area contributed by atoms with Gasteiger partial charge in [-0.3, -0.25) is 9.89 Å². The molecule has 0 bridgehead atoms. The fourth-order valence-corrected chi connectivity index (χ4v) is 2.87. The molecule has 3 aromatic rings. The predicted molar refractivity (Wildman–Crippen MR) is 97.2 cm³/mol. The Morgan fingerprint density at radius 1 is 1.20 bits per heavy atom. The van der Waals surface area contributed by atoms with Crippen molar-refractivity contribution in [1.82, 2.24) is 10.2 Å². The highest BCUT2D eigenvalue weighted by Gasteiger charge is 2.19. The van der Waals surface area contributed by atoms with E-state index in [-0.39, 0.29) is 5.56 Å². The summed E-state index contributed by atoms with van der Waals surface area (Å²) in [4.78, 5) is 12.5. The minimum Gasteiger partial charge on any atom is -0.318 e. The summed E-state index contributed by atoms with van der Waals surface area (Å²) < 4.78 is 13.9. The summed E-state index contributed by atoms with van der Waals surface area (Å²) in [5, 5.41) is 10.2. The zero-order valence-corrected chi connectivity index (χ0v) is 14.5. The largest absolute Gasteiger partial charge is 0.318 e. The molecule has 0 saturated heterocycles. The van der Waals surface area contributed by atoms with Gasteiger partial charge in [-0.25, -0.2) is 4.39 Å². The van der Waals surface area contributed by atoms with Gasteiger partial charge in [0.05, 0.1) is 16.9 Å². The Bertz CT molecular complexity index is 930. The number of hydrogen-bond donors (Lipinski definition) is 2. The van der Waals surface area contributed by atoms with Crippen LogP contribution in [-0.2, 0) is 6.42 Å². The van der Waals surface area contributed by atoms with Gasteiger partial charge < -0.3 is 5.32 Å². The number of amides is 1. The molecule has 4 nitrogen and oxygen atoms in total. The van der Waals surface area contributed by atoms with Gasteiger partial charge in [-0.1, -0.05) is 42.8 Å². The van der Waals surface area contributed by atoms with E-state index in [1.165, 1.54) is 12.1 Å². The van der Waals surface area contributed by atoms with Gasteiger partial charge in [-0.15, -0.1) is 0 Å². The standard InChI is InChI=1S/C20H20FN3O/c1-4-17-19(22-20(25)15-7-5-6-8-16(15)21)18(24-23-17)14-10-9-12(2)11-13(14)3/h5-11H,4H2,1-3H3,(H,22,25)(H,23,24). The SMILES string of the molecule is CCc1[nH]nc(-c2ccc(C)cc2C)c1NC(=O)c1ccccc1F. The quantitative estimate of drug-likeness (QED) is 0.728. The van der Waals surface area contributed by atoms with Crippen molar-refractivity contribution in [2.24, 2.45) is 0 Å². The van der Waals surface area contributed by atoms with Crippen LogP contribution in [0.4, 0.5) is 10.1 Å². The van der Waals surface area contributed by atoms with Gasteiger partial charge >= 0.3 is 0 Å². The summed E-state index contributed by atoms with van der Waals surface area (Å²) >= 11 is 0. The second-order valence-corrected chi connectivity index (χ2v) is 6.03. The lowest BCUT2D eigenvalue weighted by Crippen LogP contribution is -2.15. The van der Waals surface area contributed by atoms with Crippen molar-refractivity contribution in [3.8, 4) is 11.3 Å². The van der Waals surface area contributed by atoms with E-state index >= 15 is 0 Å². The van der Waals surface area contributed by atoms with Crippen LogP contribution in [0, 0.1) is 19.7 Å². The van der Waals surface area contributed by atoms with E-state index in [0.29, 0.717) is 17.8 Å². The third-order valence-electron chi connectivity index (χ3n) is 4.19. The maximum atomic E-state index is 13.9. The Kier molecular flexibility index (Phi) is 4.65. The van der Waals surface area contributed by atoms with Gasteiger partial charge in [0, 0.05) is 5.56 Å². The van der Waals surface area contributed by atoms with Crippen molar-refractivity contribution in [1.29, 1.82) is 0 Å². The molecule has 5 heteroatoms. The Labute approximate surface area is 146 Å². The van der Waals surface area contributed by atoms with Crippen molar-refractivity contribution < 1.29 is 9.18 Å². The van der Waals surface area contributed by atoms with E-state index in [0.717, 1.165) is 22.4 Å². The lowest BCUT2D eigenvalue weighted by Gasteiger charge is -2.10. The Balaban J connectivity index is 2.03. The molecule has 0 atom stereocenters. The summed E-state index contributed by atoms with van der Waals surface area (Å²) in [5.41, 5.74) is 5.24. The zero-order chi connectivity index (χ0) is 18.0. The molecule has 0 saturated carbocycles. The monoisotopic (exact) mass is 337 g/mol. The molecule has 3 rings (SSSR count). The Hall–Kier alpha value is -2.95. The van der Waals surface area contributed by atoms with Crippen molar-refractivity contribution in [3.05, 3.63) is 70.7 Å². The number of aromatic amines is 1. The number of H-pyrrole nitrogens is 1. The van der Waals surface area contributed by atoms with Crippen molar-refractivity contribution >= 4 is 11.6 Å². The molecule has 0 aliphatic rings. The van der Waals surface area contributed by atoms with Gasteiger partial charge in [0.2, 0.25) is 0 Å². The van der Waals surface area contributed by atoms with Crippen LogP contribution in [0.5, 0.6) is 0 Å². The minimum atomic E-state index is -0.547. The average molecular weight is 337 g/mol. The van der Waals surface area contributed by atoms with Gasteiger partial charge in [0.25, 0.3) is 5.91 Å². The molecule has 0 aliphatic carbocycles. The maximum Gasteiger partial charge on any atom is 0.258 e. The maximum absolute atomic E-state index is 13.9. The molecule has 0 aliphatic heterocycles. The normalized spacial score (nSPS) is 10.7. The molecule has 2 N–H and O–H groups in total. The number of anilines is 1. The van der Waals surface area contributed by atoms with E-state index in [1.807, 2.05) is 32.9 Å². The van der Waals surface area contributed by atoms with E-state index < -0.39 is 11.7 Å². The van der Waals surface area contributed by atoms with E-state index in [4.69, 9.17) is 0 Å². The molecule has 0 radical (unpaired) electrons. The van der Waals surface area contributed by atoms with Crippen LogP contribution >= 0.6 is 0 Å². The van der Waals surface area contributed by atoms with Crippen LogP contribution in [0.15, 0.2) is 42.5 Å². The number of aryl methyl sites for hydroxylation is 3. The average Bonchev–Trinajstić information content (AvgIpc) is 2.97. The molecular weight excluding hydrogens is 317 g/mol. The van der Waals surface area contributed by atoms with Gasteiger partial charge in [0.15, 0.2) is 0 Å². The second kappa shape index (κ2) is 6.89. The van der Waals surface area contributed by atoms with Crippen molar-refractivity contribution in [3.63, 3.8) is 0 Å². The van der Waals surface area contributed by atoms with Crippen molar-refractivity contribution in [2.45, 2.75) is 27.2 Å². The van der Waals surface area contributed by atoms with Gasteiger partial charge in [-0.05, 0) is 38.0 Å². The number of aromatic nitrogens is 2. The molecule has 0 unspecified atom stereocenters. The Morgan fingerprint density at radius 2 is 1.96 bits per heavy atom. The van der Waals surface area contributed by atoms with Crippen LogP contribution in [0.3, 0.4) is 0 Å². The molecule has 1 heterocycles. The number of halogens is 1. The smallest absolute Gasteiger partial charge is 0.258 e. The third-order valence-corrected chi connectivity index (χ3v) is 4.19. The Morgan fingerprint density at radius 3 is 2.64 bits per heavy atom. The van der Waals surface area contributed by atoms with Crippen LogP contribution in [0.25, 0.3) is 11.3 Å². The summed E-state index contributed by atoms with van der Waals surface area (Å²) in [6.07, 6.45) is 0.671. The molecule has 1 amide bonds. The first kappa shape index (κ1) is 16.9. The number of carbonyl (C=O) groups is 1. The highest BCUT2D eigenvalue weighted by Crippen LogP contribution is 2.32. The summed E-state index contributed by atoms with van der Waals surface area (Å²) in [5.74, 6) is -1.03. The second-order valence-electron chi connectivity index (χ2n) is 6.03. The highest BCUT2D eigenvalue weighted by molar-refractivity contribution is 6.06. The molecule has 0 fully saturated rings. The fraction of sp³-hybridized carbons (Fsp3) is 0.200. The first-order chi connectivity index (χ1) is 12.0. The van der Waals surface area contributed by atoms with E-state index in [2.05, 4.69) is 21.6 Å². The number of carbonyl (C=O) groups excluding carboxylic acids is 1. The fourth-order valence-electron chi connectivity index (χ4n) is 2.87. The van der Waals surface area contributed by atoms with E-state index in [9.17, 15) is 9.18 Å². The third kappa shape index (κ3) is 3.31. The number of benzene rings is 2. The van der Waals surface area contributed by atoms with Crippen LogP contribution in [0.2, 0.25) is 0 Å². The number of nitrogens with one attached hydrogen (secondary N) is 2. The topological polar surface area (TPSA) is 57.8 Å². The first-order valence-corrected chi connectivity index (χ1v) is 8.22. The van der Waals surface area contributed by atoms with Gasteiger partial charge in [-0.2, -0.15) is 5.10 Å². The molecule has 0 spiro atoms. The molecular formula is C20H20FN3O. The molecule has 128 valence electrons. The van der Waals surface area contributed by atoms with Crippen molar-refractivity contribution in [2.75, 3.05) is 5.32 Å². The first-order valence-electron chi connectivity index (χ1n) is 8.22. The highest BCUT2D eigenvalue weighted by atomic mass is 19.1. The van der Waals surface area contributed by atoms with E-state index in [1.54, 1.807) is 12.1 Å². The number of nitrogens with zero attached hydrogens (tertiary/aromatic N) is 1. The molecule has 1 aromatic heterocycles. The lowest BCUT2D eigenvalue weighted by molar-refractivity contribution is 0.102. The summed E-state index contributed by atoms with van der Waals surface area (Å²) in [6.45, 7) is 6.00. The zero-order valence-electron chi connectivity index (χ0n) is 14.5. The predicted octanol–water partition coefficient (Wildman–Crippen LogP) is 4.65. The summed E-state index contributed by atoms with van der Waals surface area (Å²) in [6, 6.07) is 12.0. The van der Waals surface area contributed by atoms with Crippen LogP contribution < -0.4 is 5.32 Å². The lowest BCUT2D eigenvalue weighted by atomic mass is 10.0. The summed E-state index contributed by atoms with van der Waals surface area (Å²) in [7, 11) is 0. The number of rotatable bonds is 4. The molecule has 25 heavy (non-hydrogen) atoms. The van der Waals surface area contributed by atoms with Crippen LogP contribution in [-0.4, -0.2) is 16.1 Å². The number of hydrogen-bond acceptors (Lipinski definition) is 2. The minimum absolute atomic E-state index is 0.0114. The van der Waals surface area contributed by atoms with Gasteiger partial charge in [0.1, 0.15) is 11.5 Å².